The van der Waals surface area contributed by atoms with Gasteiger partial charge in [-0.1, -0.05) is 12.1 Å². The third-order valence-electron chi connectivity index (χ3n) is 6.81. The summed E-state index contributed by atoms with van der Waals surface area (Å²) in [6, 6.07) is 15.2. The van der Waals surface area contributed by atoms with Crippen molar-refractivity contribution in [1.82, 2.24) is 14.8 Å². The van der Waals surface area contributed by atoms with Gasteiger partial charge in [-0.05, 0) is 43.2 Å². The van der Waals surface area contributed by atoms with Gasteiger partial charge >= 0.3 is 5.97 Å². The first-order chi connectivity index (χ1) is 19.7. The predicted molar refractivity (Wildman–Crippen MR) is 152 cm³/mol. The molecule has 1 fully saturated rings. The number of phenols is 1. The Morgan fingerprint density at radius 2 is 1.80 bits per heavy atom. The molecule has 0 amide bonds. The van der Waals surface area contributed by atoms with Crippen LogP contribution in [-0.2, 0) is 4.79 Å². The van der Waals surface area contributed by atoms with Crippen LogP contribution in [0.2, 0.25) is 0 Å². The number of rotatable bonds is 10. The van der Waals surface area contributed by atoms with E-state index in [2.05, 4.69) is 14.9 Å². The molecule has 0 bridgehead atoms. The minimum Gasteiger partial charge on any atom is -0.504 e. The van der Waals surface area contributed by atoms with E-state index in [0.717, 1.165) is 24.5 Å². The number of aliphatic imine (C=N–C) groups is 1. The number of likely N-dealkylation sites (tertiary alicyclic amines) is 1. The van der Waals surface area contributed by atoms with Crippen LogP contribution in [0.3, 0.4) is 0 Å². The van der Waals surface area contributed by atoms with Crippen molar-refractivity contribution in [3.63, 3.8) is 0 Å². The van der Waals surface area contributed by atoms with Gasteiger partial charge in [0.15, 0.2) is 11.5 Å². The molecular formula is C29H32N6O6. The fourth-order valence-corrected chi connectivity index (χ4v) is 4.74. The molecule has 2 aliphatic rings. The number of pyridine rings is 1. The molecule has 3 aromatic rings. The highest BCUT2D eigenvalue weighted by atomic mass is 16.5. The Morgan fingerprint density at radius 3 is 2.49 bits per heavy atom. The molecule has 0 spiro atoms. The van der Waals surface area contributed by atoms with E-state index in [9.17, 15) is 9.90 Å². The number of amidine groups is 2. The number of aromatic nitrogens is 1. The Morgan fingerprint density at radius 1 is 1.05 bits per heavy atom. The van der Waals surface area contributed by atoms with E-state index in [0.29, 0.717) is 43.0 Å². The number of hydrogen-bond donors (Lipinski definition) is 4. The number of nitrogens with two attached hydrogens (primary N) is 1. The number of nitrogens with one attached hydrogen (secondary N) is 1. The lowest BCUT2D eigenvalue weighted by molar-refractivity contribution is -0.138. The van der Waals surface area contributed by atoms with Crippen LogP contribution in [0, 0.1) is 5.41 Å². The first-order valence-electron chi connectivity index (χ1n) is 13.3. The number of likely N-dealkylation sites (N-methyl/N-ethyl adjacent to an activating group) is 1. The maximum Gasteiger partial charge on any atom is 0.317 e. The predicted octanol–water partition coefficient (Wildman–Crippen LogP) is 3.28. The molecule has 5 rings (SSSR count). The van der Waals surface area contributed by atoms with Crippen molar-refractivity contribution < 1.29 is 29.2 Å². The van der Waals surface area contributed by atoms with E-state index in [1.165, 1.54) is 18.2 Å². The zero-order chi connectivity index (χ0) is 28.9. The lowest BCUT2D eigenvalue weighted by Gasteiger charge is -2.31. The number of nitrogens with zero attached hydrogens (tertiary/aromatic N) is 4. The smallest absolute Gasteiger partial charge is 0.317 e. The second kappa shape index (κ2) is 12.1. The second-order valence-electron chi connectivity index (χ2n) is 9.92. The standard InChI is InChI=1S/C29H32N6O6/c1-34-12-9-32-29(34)19-3-2-4-21(13-19)40-25-15-22(39-20-7-10-35(11-8-20)17-27(37)38)16-26(33-25)41-24-14-18(28(30)31)5-6-23(24)36/h2-6,13-16,20,36H,7-12,17H2,1H3,(H3,30,31)(H,37,38). The van der Waals surface area contributed by atoms with Crippen LogP contribution < -0.4 is 19.9 Å². The zero-order valence-electron chi connectivity index (χ0n) is 22.6. The summed E-state index contributed by atoms with van der Waals surface area (Å²) in [6.45, 7) is 2.81. The minimum absolute atomic E-state index is 0.00203. The first-order valence-corrected chi connectivity index (χ1v) is 13.3. The third kappa shape index (κ3) is 7.03. The van der Waals surface area contributed by atoms with Crippen LogP contribution in [-0.4, -0.2) is 88.5 Å². The first kappa shape index (κ1) is 27.7. The van der Waals surface area contributed by atoms with Crippen molar-refractivity contribution in [3.05, 3.63) is 65.7 Å². The SMILES string of the molecule is CN1CCN=C1c1cccc(Oc2cc(OC3CCN(CC(=O)O)CC3)cc(Oc3cc(C(=N)N)ccc3O)n2)c1. The molecule has 2 aromatic carbocycles. The van der Waals surface area contributed by atoms with Gasteiger partial charge in [-0.3, -0.25) is 20.1 Å². The van der Waals surface area contributed by atoms with E-state index in [1.807, 2.05) is 36.2 Å². The van der Waals surface area contributed by atoms with Crippen LogP contribution in [0.4, 0.5) is 0 Å². The Kier molecular flexibility index (Phi) is 8.20. The Bertz CT molecular complexity index is 1470. The molecule has 0 unspecified atom stereocenters. The molecule has 0 radical (unpaired) electrons. The lowest BCUT2D eigenvalue weighted by Crippen LogP contribution is -2.40. The average molecular weight is 561 g/mol. The number of aromatic hydroxyl groups is 1. The van der Waals surface area contributed by atoms with Gasteiger partial charge in [0.05, 0.1) is 13.1 Å². The quantitative estimate of drug-likeness (QED) is 0.213. The molecule has 0 atom stereocenters. The van der Waals surface area contributed by atoms with Crippen molar-refractivity contribution in [3.8, 4) is 34.8 Å². The fourth-order valence-electron chi connectivity index (χ4n) is 4.74. The van der Waals surface area contributed by atoms with Crippen molar-refractivity contribution in [2.45, 2.75) is 18.9 Å². The molecule has 41 heavy (non-hydrogen) atoms. The molecule has 1 saturated heterocycles. The molecule has 0 aliphatic carbocycles. The van der Waals surface area contributed by atoms with Crippen molar-refractivity contribution in [1.29, 1.82) is 5.41 Å². The number of carboxylic acids is 1. The largest absolute Gasteiger partial charge is 0.504 e. The van der Waals surface area contributed by atoms with Gasteiger partial charge in [0.2, 0.25) is 11.8 Å². The highest BCUT2D eigenvalue weighted by Crippen LogP contribution is 2.35. The second-order valence-corrected chi connectivity index (χ2v) is 9.92. The van der Waals surface area contributed by atoms with Crippen LogP contribution in [0.25, 0.3) is 0 Å². The van der Waals surface area contributed by atoms with E-state index in [4.69, 9.17) is 30.5 Å². The monoisotopic (exact) mass is 560 g/mol. The summed E-state index contributed by atoms with van der Waals surface area (Å²) in [5.74, 6) is 1.09. The molecule has 3 heterocycles. The number of nitrogen functional groups attached to an aromatic ring is 1. The summed E-state index contributed by atoms with van der Waals surface area (Å²) in [6.07, 6.45) is 1.17. The van der Waals surface area contributed by atoms with E-state index in [-0.39, 0.29) is 41.7 Å². The Labute approximate surface area is 237 Å². The van der Waals surface area contributed by atoms with Crippen molar-refractivity contribution in [2.24, 2.45) is 10.7 Å². The van der Waals surface area contributed by atoms with Crippen LogP contribution in [0.1, 0.15) is 24.0 Å². The van der Waals surface area contributed by atoms with Gasteiger partial charge in [0.1, 0.15) is 29.3 Å². The normalized spacial score (nSPS) is 15.8. The number of aliphatic carboxylic acids is 1. The summed E-state index contributed by atoms with van der Waals surface area (Å²) >= 11 is 0. The van der Waals surface area contributed by atoms with Gasteiger partial charge in [0.25, 0.3) is 0 Å². The number of benzene rings is 2. The number of hydrogen-bond acceptors (Lipinski definition) is 10. The molecule has 214 valence electrons. The van der Waals surface area contributed by atoms with E-state index < -0.39 is 5.97 Å². The Balaban J connectivity index is 1.40. The molecule has 2 aliphatic heterocycles. The van der Waals surface area contributed by atoms with Gasteiger partial charge in [-0.15, -0.1) is 0 Å². The lowest BCUT2D eigenvalue weighted by atomic mass is 10.1. The zero-order valence-corrected chi connectivity index (χ0v) is 22.6. The Hall–Kier alpha value is -4.84. The van der Waals surface area contributed by atoms with Gasteiger partial charge in [0, 0.05) is 49.9 Å². The van der Waals surface area contributed by atoms with Gasteiger partial charge < -0.3 is 35.1 Å². The number of phenolic OH excluding ortho intramolecular Hbond substituents is 1. The third-order valence-corrected chi connectivity index (χ3v) is 6.81. The van der Waals surface area contributed by atoms with E-state index >= 15 is 0 Å². The summed E-state index contributed by atoms with van der Waals surface area (Å²) in [4.78, 5) is 24.1. The topological polar surface area (TPSA) is 167 Å². The summed E-state index contributed by atoms with van der Waals surface area (Å²) in [5, 5.41) is 27.1. The molecule has 5 N–H and O–H groups in total. The molecule has 12 nitrogen and oxygen atoms in total. The molecular weight excluding hydrogens is 528 g/mol. The molecule has 0 saturated carbocycles. The molecule has 1 aromatic heterocycles. The maximum atomic E-state index is 11.1. The van der Waals surface area contributed by atoms with Crippen LogP contribution in [0.15, 0.2) is 59.6 Å². The van der Waals surface area contributed by atoms with Crippen LogP contribution >= 0.6 is 0 Å². The van der Waals surface area contributed by atoms with Crippen molar-refractivity contribution >= 4 is 17.6 Å². The summed E-state index contributed by atoms with van der Waals surface area (Å²) in [5.41, 5.74) is 6.91. The number of carbonyl (C=O) groups is 1. The number of carboxylic acid groups (broad SMARTS) is 1. The molecule has 12 heteroatoms. The van der Waals surface area contributed by atoms with Gasteiger partial charge in [-0.2, -0.15) is 4.98 Å². The van der Waals surface area contributed by atoms with Crippen LogP contribution in [0.5, 0.6) is 34.8 Å². The maximum absolute atomic E-state index is 11.1. The highest BCUT2D eigenvalue weighted by molar-refractivity contribution is 6.00. The van der Waals surface area contributed by atoms with Crippen molar-refractivity contribution in [2.75, 3.05) is 39.8 Å². The number of piperidine rings is 1. The van der Waals surface area contributed by atoms with Gasteiger partial charge in [-0.25, -0.2) is 0 Å². The summed E-state index contributed by atoms with van der Waals surface area (Å²) < 4.78 is 18.3. The van der Waals surface area contributed by atoms with E-state index in [1.54, 1.807) is 12.1 Å². The highest BCUT2D eigenvalue weighted by Gasteiger charge is 2.23. The summed E-state index contributed by atoms with van der Waals surface area (Å²) in [7, 11) is 1.99. The number of ether oxygens (including phenoxy) is 3. The minimum atomic E-state index is -0.852. The average Bonchev–Trinajstić information content (AvgIpc) is 3.36. The fraction of sp³-hybridized carbons (Fsp3) is 0.310.